The van der Waals surface area contributed by atoms with Gasteiger partial charge >= 0.3 is 0 Å². The van der Waals surface area contributed by atoms with Crippen molar-refractivity contribution in [1.82, 2.24) is 15.3 Å². The summed E-state index contributed by atoms with van der Waals surface area (Å²) in [5.74, 6) is -0.553. The average molecular weight is 413 g/mol. The number of nitrogens with zero attached hydrogens (tertiary/aromatic N) is 3. The molecule has 0 unspecified atom stereocenters. The van der Waals surface area contributed by atoms with Gasteiger partial charge in [-0.2, -0.15) is 5.10 Å². The number of thiazole rings is 1. The quantitative estimate of drug-likeness (QED) is 0.745. The number of carbonyl (C=O) groups is 2. The van der Waals surface area contributed by atoms with Crippen LogP contribution in [0, 0.1) is 6.92 Å². The van der Waals surface area contributed by atoms with Gasteiger partial charge in [0.25, 0.3) is 5.91 Å². The fraction of sp³-hybridized carbons (Fsp3) is 0.647. The molecule has 1 saturated heterocycles. The van der Waals surface area contributed by atoms with Gasteiger partial charge in [-0.3, -0.25) is 9.59 Å². The molecule has 3 rings (SSSR count). The number of hydrogen-bond acceptors (Lipinski definition) is 7. The summed E-state index contributed by atoms with van der Waals surface area (Å²) in [5.41, 5.74) is 1.38. The maximum atomic E-state index is 12.4. The van der Waals surface area contributed by atoms with Gasteiger partial charge in [0.1, 0.15) is 5.71 Å². The van der Waals surface area contributed by atoms with Crippen LogP contribution in [-0.4, -0.2) is 60.0 Å². The highest BCUT2D eigenvalue weighted by Crippen LogP contribution is 2.22. The molecule has 27 heavy (non-hydrogen) atoms. The minimum Gasteiger partial charge on any atom is -0.351 e. The smallest absolute Gasteiger partial charge is 0.267 e. The third kappa shape index (κ3) is 4.73. The van der Waals surface area contributed by atoms with Crippen molar-refractivity contribution < 1.29 is 18.0 Å². The molecule has 2 aliphatic rings. The molecular formula is C17H24N4O4S2. The molecular weight excluding hydrogens is 388 g/mol. The molecule has 3 heterocycles. The number of sulfone groups is 1. The lowest BCUT2D eigenvalue weighted by molar-refractivity contribution is -0.133. The molecule has 1 fully saturated rings. The normalized spacial score (nSPS) is 22.0. The SMILES string of the molecule is CCc1nc(CCNC(=O)C2=NN([C@@H]3CCS(=O)(=O)C3)C(=O)CC2)sc1C. The maximum absolute atomic E-state index is 12.4. The van der Waals surface area contributed by atoms with E-state index in [-0.39, 0.29) is 41.9 Å². The predicted octanol–water partition coefficient (Wildman–Crippen LogP) is 0.838. The van der Waals surface area contributed by atoms with Crippen molar-refractivity contribution >= 4 is 38.7 Å². The van der Waals surface area contributed by atoms with Gasteiger partial charge in [-0.05, 0) is 19.8 Å². The van der Waals surface area contributed by atoms with E-state index in [1.54, 1.807) is 11.3 Å². The Labute approximate surface area is 163 Å². The molecule has 1 N–H and O–H groups in total. The van der Waals surface area contributed by atoms with Crippen LogP contribution >= 0.6 is 11.3 Å². The zero-order chi connectivity index (χ0) is 19.6. The van der Waals surface area contributed by atoms with Gasteiger partial charge in [-0.25, -0.2) is 18.4 Å². The number of rotatable bonds is 6. The largest absolute Gasteiger partial charge is 0.351 e. The first-order valence-electron chi connectivity index (χ1n) is 9.12. The molecule has 0 radical (unpaired) electrons. The van der Waals surface area contributed by atoms with E-state index in [0.717, 1.165) is 17.1 Å². The Hall–Kier alpha value is -1.81. The fourth-order valence-electron chi connectivity index (χ4n) is 3.30. The summed E-state index contributed by atoms with van der Waals surface area (Å²) < 4.78 is 23.3. The van der Waals surface area contributed by atoms with Crippen molar-refractivity contribution in [2.75, 3.05) is 18.1 Å². The van der Waals surface area contributed by atoms with Crippen LogP contribution in [0.5, 0.6) is 0 Å². The van der Waals surface area contributed by atoms with E-state index in [4.69, 9.17) is 0 Å². The van der Waals surface area contributed by atoms with Gasteiger partial charge in [-0.15, -0.1) is 11.3 Å². The van der Waals surface area contributed by atoms with Crippen molar-refractivity contribution in [2.24, 2.45) is 5.10 Å². The first-order chi connectivity index (χ1) is 12.8. The monoisotopic (exact) mass is 412 g/mol. The van der Waals surface area contributed by atoms with Crippen LogP contribution < -0.4 is 5.32 Å². The van der Waals surface area contributed by atoms with Gasteiger partial charge in [0.15, 0.2) is 9.84 Å². The van der Waals surface area contributed by atoms with Crippen LogP contribution in [-0.2, 0) is 32.3 Å². The Morgan fingerprint density at radius 2 is 2.15 bits per heavy atom. The molecule has 0 saturated carbocycles. The van der Waals surface area contributed by atoms with E-state index in [9.17, 15) is 18.0 Å². The van der Waals surface area contributed by atoms with Crippen molar-refractivity contribution in [2.45, 2.75) is 52.0 Å². The molecule has 2 aliphatic heterocycles. The molecule has 2 amide bonds. The molecule has 1 aromatic heterocycles. The summed E-state index contributed by atoms with van der Waals surface area (Å²) in [5, 5.41) is 9.21. The van der Waals surface area contributed by atoms with Gasteiger partial charge in [0.05, 0.1) is 28.2 Å². The molecule has 1 atom stereocenters. The van der Waals surface area contributed by atoms with Crippen molar-refractivity contribution in [3.63, 3.8) is 0 Å². The Bertz CT molecular complexity index is 875. The third-order valence-corrected chi connectivity index (χ3v) is 7.60. The highest BCUT2D eigenvalue weighted by molar-refractivity contribution is 7.91. The summed E-state index contributed by atoms with van der Waals surface area (Å²) in [7, 11) is -3.12. The Morgan fingerprint density at radius 1 is 1.37 bits per heavy atom. The van der Waals surface area contributed by atoms with Crippen molar-refractivity contribution in [3.05, 3.63) is 15.6 Å². The molecule has 0 spiro atoms. The average Bonchev–Trinajstić information content (AvgIpc) is 3.16. The Morgan fingerprint density at radius 3 is 2.78 bits per heavy atom. The standard InChI is InChI=1S/C17H24N4O4S2/c1-3-13-11(2)26-15(19-13)6-8-18-17(23)14-4-5-16(22)21(20-14)12-7-9-27(24,25)10-12/h12H,3-10H2,1-2H3,(H,18,23)/t12-/m1/s1. The second kappa shape index (κ2) is 8.05. The van der Waals surface area contributed by atoms with E-state index in [1.807, 2.05) is 6.92 Å². The van der Waals surface area contributed by atoms with E-state index in [1.165, 1.54) is 9.89 Å². The summed E-state index contributed by atoms with van der Waals surface area (Å²) in [6.07, 6.45) is 2.36. The Balaban J connectivity index is 1.58. The topological polar surface area (TPSA) is 109 Å². The molecule has 148 valence electrons. The van der Waals surface area contributed by atoms with E-state index >= 15 is 0 Å². The van der Waals surface area contributed by atoms with E-state index in [2.05, 4.69) is 22.3 Å². The lowest BCUT2D eigenvalue weighted by Crippen LogP contribution is -2.44. The van der Waals surface area contributed by atoms with Gasteiger partial charge < -0.3 is 5.32 Å². The van der Waals surface area contributed by atoms with Gasteiger partial charge in [-0.1, -0.05) is 6.92 Å². The second-order valence-corrected chi connectivity index (χ2v) is 10.3. The summed E-state index contributed by atoms with van der Waals surface area (Å²) in [4.78, 5) is 30.3. The maximum Gasteiger partial charge on any atom is 0.267 e. The number of hydrogen-bond donors (Lipinski definition) is 1. The van der Waals surface area contributed by atoms with Crippen molar-refractivity contribution in [1.29, 1.82) is 0 Å². The minimum atomic E-state index is -3.12. The molecule has 8 nitrogen and oxygen atoms in total. The number of nitrogens with one attached hydrogen (secondary N) is 1. The fourth-order valence-corrected chi connectivity index (χ4v) is 6.01. The zero-order valence-corrected chi connectivity index (χ0v) is 17.2. The first kappa shape index (κ1) is 19.9. The van der Waals surface area contributed by atoms with Crippen LogP contribution in [0.3, 0.4) is 0 Å². The number of aryl methyl sites for hydroxylation is 2. The van der Waals surface area contributed by atoms with Gasteiger partial charge in [0.2, 0.25) is 5.91 Å². The summed E-state index contributed by atoms with van der Waals surface area (Å²) >= 11 is 1.64. The molecule has 1 aromatic rings. The molecule has 10 heteroatoms. The van der Waals surface area contributed by atoms with Crippen LogP contribution in [0.25, 0.3) is 0 Å². The van der Waals surface area contributed by atoms with Crippen molar-refractivity contribution in [3.8, 4) is 0 Å². The van der Waals surface area contributed by atoms with E-state index < -0.39 is 15.9 Å². The lowest BCUT2D eigenvalue weighted by atomic mass is 10.1. The van der Waals surface area contributed by atoms with Crippen LogP contribution in [0.4, 0.5) is 0 Å². The van der Waals surface area contributed by atoms with E-state index in [0.29, 0.717) is 19.4 Å². The first-order valence-corrected chi connectivity index (χ1v) is 11.8. The summed E-state index contributed by atoms with van der Waals surface area (Å²) in [6, 6.07) is -0.462. The lowest BCUT2D eigenvalue weighted by Gasteiger charge is -2.27. The minimum absolute atomic E-state index is 0.0610. The molecule has 0 aliphatic carbocycles. The number of aromatic nitrogens is 1. The van der Waals surface area contributed by atoms with Crippen LogP contribution in [0.2, 0.25) is 0 Å². The number of carbonyl (C=O) groups excluding carboxylic acids is 2. The second-order valence-electron chi connectivity index (χ2n) is 6.81. The van der Waals surface area contributed by atoms with Crippen LogP contribution in [0.15, 0.2) is 5.10 Å². The zero-order valence-electron chi connectivity index (χ0n) is 15.5. The number of hydrazone groups is 1. The highest BCUT2D eigenvalue weighted by atomic mass is 32.2. The summed E-state index contributed by atoms with van der Waals surface area (Å²) in [6.45, 7) is 4.56. The third-order valence-electron chi connectivity index (χ3n) is 4.77. The van der Waals surface area contributed by atoms with Gasteiger partial charge in [0, 0.05) is 30.7 Å². The highest BCUT2D eigenvalue weighted by Gasteiger charge is 2.37. The van der Waals surface area contributed by atoms with Crippen LogP contribution in [0.1, 0.15) is 41.8 Å². The molecule has 0 bridgehead atoms. The Kier molecular flexibility index (Phi) is 5.95. The number of amides is 2. The molecule has 0 aromatic carbocycles. The predicted molar refractivity (Wildman–Crippen MR) is 104 cm³/mol.